The van der Waals surface area contributed by atoms with Crippen molar-refractivity contribution in [3.63, 3.8) is 0 Å². The molecular formula is C12H25N3. The first-order valence-corrected chi connectivity index (χ1v) is 6.52. The van der Waals surface area contributed by atoms with Crippen LogP contribution in [0.1, 0.15) is 20.3 Å². The summed E-state index contributed by atoms with van der Waals surface area (Å²) in [5.74, 6) is 0.887. The number of piperazine rings is 1. The molecule has 3 heteroatoms. The molecule has 0 amide bonds. The molecule has 0 radical (unpaired) electrons. The molecule has 15 heavy (non-hydrogen) atoms. The van der Waals surface area contributed by atoms with Crippen LogP contribution < -0.4 is 5.32 Å². The summed E-state index contributed by atoms with van der Waals surface area (Å²) in [5.41, 5.74) is 0. The van der Waals surface area contributed by atoms with Gasteiger partial charge in [0, 0.05) is 38.8 Å². The Labute approximate surface area is 93.8 Å². The molecule has 3 nitrogen and oxygen atoms in total. The highest BCUT2D eigenvalue weighted by molar-refractivity contribution is 4.89. The largest absolute Gasteiger partial charge is 0.315 e. The van der Waals surface area contributed by atoms with E-state index in [0.717, 1.165) is 12.0 Å². The Hall–Kier alpha value is -0.120. The minimum Gasteiger partial charge on any atom is -0.315 e. The zero-order chi connectivity index (χ0) is 10.7. The van der Waals surface area contributed by atoms with E-state index in [1.165, 1.54) is 52.2 Å². The predicted molar refractivity (Wildman–Crippen MR) is 64.1 cm³/mol. The summed E-state index contributed by atoms with van der Waals surface area (Å²) in [6.45, 7) is 13.3. The van der Waals surface area contributed by atoms with Gasteiger partial charge in [-0.2, -0.15) is 0 Å². The molecule has 88 valence electrons. The van der Waals surface area contributed by atoms with Crippen LogP contribution in [0.25, 0.3) is 0 Å². The van der Waals surface area contributed by atoms with E-state index >= 15 is 0 Å². The molecule has 2 unspecified atom stereocenters. The summed E-state index contributed by atoms with van der Waals surface area (Å²) in [7, 11) is 0. The van der Waals surface area contributed by atoms with Gasteiger partial charge in [0.15, 0.2) is 0 Å². The van der Waals surface area contributed by atoms with Gasteiger partial charge < -0.3 is 10.2 Å². The quantitative estimate of drug-likeness (QED) is 0.738. The average Bonchev–Trinajstić information content (AvgIpc) is 2.77. The van der Waals surface area contributed by atoms with Crippen molar-refractivity contribution in [1.82, 2.24) is 15.1 Å². The summed E-state index contributed by atoms with van der Waals surface area (Å²) in [5, 5.41) is 3.54. The lowest BCUT2D eigenvalue weighted by Gasteiger charge is -2.39. The Morgan fingerprint density at radius 3 is 2.40 bits per heavy atom. The lowest BCUT2D eigenvalue weighted by molar-refractivity contribution is 0.0878. The van der Waals surface area contributed by atoms with Crippen LogP contribution in [-0.4, -0.2) is 61.7 Å². The van der Waals surface area contributed by atoms with Gasteiger partial charge in [0.1, 0.15) is 0 Å². The van der Waals surface area contributed by atoms with Gasteiger partial charge in [0.2, 0.25) is 0 Å². The summed E-state index contributed by atoms with van der Waals surface area (Å²) in [4.78, 5) is 5.26. The molecule has 2 atom stereocenters. The van der Waals surface area contributed by atoms with E-state index in [2.05, 4.69) is 29.0 Å². The average molecular weight is 211 g/mol. The lowest BCUT2D eigenvalue weighted by atomic mass is 9.99. The van der Waals surface area contributed by atoms with Crippen molar-refractivity contribution < 1.29 is 0 Å². The van der Waals surface area contributed by atoms with E-state index in [-0.39, 0.29) is 0 Å². The minimum atomic E-state index is 0.814. The second kappa shape index (κ2) is 5.28. The van der Waals surface area contributed by atoms with E-state index in [1.54, 1.807) is 0 Å². The van der Waals surface area contributed by atoms with E-state index in [1.807, 2.05) is 0 Å². The molecule has 2 heterocycles. The van der Waals surface area contributed by atoms with Gasteiger partial charge in [0.25, 0.3) is 0 Å². The van der Waals surface area contributed by atoms with Gasteiger partial charge in [-0.05, 0) is 19.0 Å². The molecule has 0 aromatic heterocycles. The van der Waals surface area contributed by atoms with Crippen molar-refractivity contribution >= 4 is 0 Å². The number of nitrogens with one attached hydrogen (secondary N) is 1. The standard InChI is InChI=1S/C12H25N3/c1-3-11-9-13-10-12(11)15-7-5-14(4-2)6-8-15/h11-13H,3-10H2,1-2H3. The fraction of sp³-hybridized carbons (Fsp3) is 1.00. The maximum Gasteiger partial charge on any atom is 0.0261 e. The number of hydrogen-bond donors (Lipinski definition) is 1. The Bertz CT molecular complexity index is 187. The molecule has 2 aliphatic heterocycles. The number of hydrogen-bond acceptors (Lipinski definition) is 3. The number of likely N-dealkylation sites (N-methyl/N-ethyl adjacent to an activating group) is 1. The van der Waals surface area contributed by atoms with Crippen molar-refractivity contribution in [2.75, 3.05) is 45.8 Å². The maximum absolute atomic E-state index is 3.54. The molecule has 0 bridgehead atoms. The van der Waals surface area contributed by atoms with Crippen LogP contribution in [0.5, 0.6) is 0 Å². The van der Waals surface area contributed by atoms with E-state index in [9.17, 15) is 0 Å². The second-order valence-electron chi connectivity index (χ2n) is 4.86. The SMILES string of the molecule is CCC1CNCC1N1CCN(CC)CC1. The highest BCUT2D eigenvalue weighted by atomic mass is 15.3. The summed E-state index contributed by atoms with van der Waals surface area (Å²) < 4.78 is 0. The molecule has 2 aliphatic rings. The molecule has 0 aromatic rings. The topological polar surface area (TPSA) is 18.5 Å². The second-order valence-corrected chi connectivity index (χ2v) is 4.86. The van der Waals surface area contributed by atoms with Gasteiger partial charge in [-0.25, -0.2) is 0 Å². The highest BCUT2D eigenvalue weighted by Crippen LogP contribution is 2.20. The van der Waals surface area contributed by atoms with Gasteiger partial charge in [-0.1, -0.05) is 20.3 Å². The fourth-order valence-electron chi connectivity index (χ4n) is 2.97. The van der Waals surface area contributed by atoms with Gasteiger partial charge in [-0.3, -0.25) is 4.90 Å². The van der Waals surface area contributed by atoms with Crippen LogP contribution >= 0.6 is 0 Å². The Morgan fingerprint density at radius 2 is 1.80 bits per heavy atom. The molecule has 0 spiro atoms. The van der Waals surface area contributed by atoms with Gasteiger partial charge in [-0.15, -0.1) is 0 Å². The van der Waals surface area contributed by atoms with Crippen molar-refractivity contribution in [2.24, 2.45) is 5.92 Å². The summed E-state index contributed by atoms with van der Waals surface area (Å²) >= 11 is 0. The highest BCUT2D eigenvalue weighted by Gasteiger charge is 2.32. The van der Waals surface area contributed by atoms with Crippen LogP contribution in [0, 0.1) is 5.92 Å². The number of nitrogens with zero attached hydrogens (tertiary/aromatic N) is 2. The monoisotopic (exact) mass is 211 g/mol. The predicted octanol–water partition coefficient (Wildman–Crippen LogP) is 0.622. The zero-order valence-corrected chi connectivity index (χ0v) is 10.2. The lowest BCUT2D eigenvalue weighted by Crippen LogP contribution is -2.52. The van der Waals surface area contributed by atoms with Crippen molar-refractivity contribution in [3.8, 4) is 0 Å². The molecule has 0 saturated carbocycles. The zero-order valence-electron chi connectivity index (χ0n) is 10.2. The normalized spacial score (nSPS) is 34.8. The molecule has 0 aliphatic carbocycles. The molecule has 2 fully saturated rings. The van der Waals surface area contributed by atoms with E-state index in [4.69, 9.17) is 0 Å². The van der Waals surface area contributed by atoms with E-state index in [0.29, 0.717) is 0 Å². The maximum atomic E-state index is 3.54. The number of rotatable bonds is 3. The van der Waals surface area contributed by atoms with Crippen LogP contribution in [0.2, 0.25) is 0 Å². The molecule has 2 rings (SSSR count). The van der Waals surface area contributed by atoms with Crippen LogP contribution in [-0.2, 0) is 0 Å². The molecule has 1 N–H and O–H groups in total. The van der Waals surface area contributed by atoms with Gasteiger partial charge >= 0.3 is 0 Å². The first-order valence-electron chi connectivity index (χ1n) is 6.52. The smallest absolute Gasteiger partial charge is 0.0261 e. The Kier molecular flexibility index (Phi) is 4.00. The van der Waals surface area contributed by atoms with Crippen LogP contribution in [0.4, 0.5) is 0 Å². The Balaban J connectivity index is 1.84. The van der Waals surface area contributed by atoms with Crippen molar-refractivity contribution in [1.29, 1.82) is 0 Å². The third kappa shape index (κ3) is 2.52. The van der Waals surface area contributed by atoms with Crippen LogP contribution in [0.3, 0.4) is 0 Å². The first-order chi connectivity index (χ1) is 7.35. The third-order valence-electron chi connectivity index (χ3n) is 4.15. The fourth-order valence-corrected chi connectivity index (χ4v) is 2.97. The summed E-state index contributed by atoms with van der Waals surface area (Å²) in [6, 6.07) is 0.814. The van der Waals surface area contributed by atoms with Gasteiger partial charge in [0.05, 0.1) is 0 Å². The third-order valence-corrected chi connectivity index (χ3v) is 4.15. The van der Waals surface area contributed by atoms with E-state index < -0.39 is 0 Å². The molecule has 0 aromatic carbocycles. The minimum absolute atomic E-state index is 0.814. The summed E-state index contributed by atoms with van der Waals surface area (Å²) in [6.07, 6.45) is 1.33. The van der Waals surface area contributed by atoms with Crippen molar-refractivity contribution in [3.05, 3.63) is 0 Å². The van der Waals surface area contributed by atoms with Crippen molar-refractivity contribution in [2.45, 2.75) is 26.3 Å². The molecular weight excluding hydrogens is 186 g/mol. The molecule has 2 saturated heterocycles. The first kappa shape index (κ1) is 11.4. The Morgan fingerprint density at radius 1 is 1.07 bits per heavy atom. The van der Waals surface area contributed by atoms with Crippen LogP contribution in [0.15, 0.2) is 0 Å².